The van der Waals surface area contributed by atoms with E-state index in [1.165, 1.54) is 0 Å². The highest BCUT2D eigenvalue weighted by Crippen LogP contribution is 2.40. The van der Waals surface area contributed by atoms with Gasteiger partial charge in [0.15, 0.2) is 6.61 Å². The van der Waals surface area contributed by atoms with Gasteiger partial charge < -0.3 is 9.64 Å². The van der Waals surface area contributed by atoms with E-state index in [-0.39, 0.29) is 5.95 Å². The molecule has 0 unspecified atom stereocenters. The van der Waals surface area contributed by atoms with Crippen molar-refractivity contribution in [2.24, 2.45) is 0 Å². The Labute approximate surface area is 176 Å². The molecule has 0 radical (unpaired) electrons. The monoisotopic (exact) mass is 447 g/mol. The number of nitrogens with zero attached hydrogens (tertiary/aromatic N) is 3. The third-order valence-corrected chi connectivity index (χ3v) is 5.25. The summed E-state index contributed by atoms with van der Waals surface area (Å²) in [6, 6.07) is 7.49. The molecule has 1 saturated carbocycles. The van der Waals surface area contributed by atoms with Gasteiger partial charge in [0.05, 0.1) is 0 Å². The van der Waals surface area contributed by atoms with Crippen molar-refractivity contribution in [3.8, 4) is 5.88 Å². The molecule has 0 saturated heterocycles. The number of halogens is 6. The van der Waals surface area contributed by atoms with Crippen molar-refractivity contribution >= 4 is 11.6 Å². The maximum atomic E-state index is 13.3. The van der Waals surface area contributed by atoms with Crippen LogP contribution in [0.25, 0.3) is 0 Å². The second-order valence-electron chi connectivity index (χ2n) is 7.43. The molecule has 1 heterocycles. The molecule has 31 heavy (non-hydrogen) atoms. The summed E-state index contributed by atoms with van der Waals surface area (Å²) in [5.41, 5.74) is 0.320. The zero-order valence-electron chi connectivity index (χ0n) is 16.9. The number of aromatic nitrogens is 2. The highest BCUT2D eigenvalue weighted by atomic mass is 19.4. The van der Waals surface area contributed by atoms with Gasteiger partial charge in [0, 0.05) is 18.4 Å². The maximum Gasteiger partial charge on any atom is 0.423 e. The maximum absolute atomic E-state index is 13.3. The van der Waals surface area contributed by atoms with Crippen LogP contribution < -0.4 is 9.64 Å². The fourth-order valence-electron chi connectivity index (χ4n) is 3.85. The van der Waals surface area contributed by atoms with Gasteiger partial charge in [0.25, 0.3) is 0 Å². The van der Waals surface area contributed by atoms with Crippen LogP contribution in [0.4, 0.5) is 38.0 Å². The molecule has 0 bridgehead atoms. The summed E-state index contributed by atoms with van der Waals surface area (Å²) in [5.74, 6) is -0.978. The Morgan fingerprint density at radius 3 is 2.32 bits per heavy atom. The lowest BCUT2D eigenvalue weighted by atomic mass is 9.83. The largest absolute Gasteiger partial charge is 0.467 e. The fourth-order valence-corrected chi connectivity index (χ4v) is 3.85. The lowest BCUT2D eigenvalue weighted by Gasteiger charge is -2.29. The first-order valence-electron chi connectivity index (χ1n) is 10.1. The number of benzene rings is 1. The summed E-state index contributed by atoms with van der Waals surface area (Å²) in [6.45, 7) is 0.208. The number of rotatable bonds is 6. The molecule has 2 aromatic rings. The van der Waals surface area contributed by atoms with Crippen LogP contribution in [0, 0.1) is 0 Å². The number of hydrogen-bond acceptors (Lipinski definition) is 4. The predicted octanol–water partition coefficient (Wildman–Crippen LogP) is 6.64. The van der Waals surface area contributed by atoms with Gasteiger partial charge in [-0.2, -0.15) is 31.3 Å². The third kappa shape index (κ3) is 5.80. The zero-order chi connectivity index (χ0) is 22.6. The number of alkyl halides is 6. The molecule has 4 nitrogen and oxygen atoms in total. The van der Waals surface area contributed by atoms with Crippen molar-refractivity contribution in [2.45, 2.75) is 57.3 Å². The molecule has 0 spiro atoms. The topological polar surface area (TPSA) is 38.2 Å². The van der Waals surface area contributed by atoms with Crippen molar-refractivity contribution < 1.29 is 31.1 Å². The van der Waals surface area contributed by atoms with E-state index in [2.05, 4.69) is 14.7 Å². The average Bonchev–Trinajstić information content (AvgIpc) is 2.73. The molecular weight excluding hydrogens is 424 g/mol. The quantitative estimate of drug-likeness (QED) is 0.465. The molecule has 1 aromatic carbocycles. The van der Waals surface area contributed by atoms with E-state index in [9.17, 15) is 26.3 Å². The van der Waals surface area contributed by atoms with Gasteiger partial charge in [-0.1, -0.05) is 37.5 Å². The Bertz CT molecular complexity index is 878. The fraction of sp³-hybridized carbons (Fsp3) is 0.524. The van der Waals surface area contributed by atoms with Crippen LogP contribution in [-0.4, -0.2) is 29.3 Å². The minimum absolute atomic E-state index is 0.143. The third-order valence-electron chi connectivity index (χ3n) is 5.25. The summed E-state index contributed by atoms with van der Waals surface area (Å²) in [6.07, 6.45) is -3.92. The van der Waals surface area contributed by atoms with Crippen molar-refractivity contribution in [1.82, 2.24) is 9.97 Å². The van der Waals surface area contributed by atoms with Crippen LogP contribution in [0.3, 0.4) is 0 Å². The summed E-state index contributed by atoms with van der Waals surface area (Å²) in [5, 5.41) is 0. The lowest BCUT2D eigenvalue weighted by Crippen LogP contribution is -2.25. The van der Waals surface area contributed by atoms with Crippen molar-refractivity contribution in [2.75, 3.05) is 18.1 Å². The van der Waals surface area contributed by atoms with E-state index in [0.29, 0.717) is 18.7 Å². The minimum Gasteiger partial charge on any atom is -0.467 e. The van der Waals surface area contributed by atoms with Gasteiger partial charge in [-0.05, 0) is 37.3 Å². The molecule has 0 atom stereocenters. The zero-order valence-corrected chi connectivity index (χ0v) is 16.9. The summed E-state index contributed by atoms with van der Waals surface area (Å²) in [7, 11) is 0. The van der Waals surface area contributed by atoms with Gasteiger partial charge in [-0.3, -0.25) is 0 Å². The average molecular weight is 447 g/mol. The molecule has 0 amide bonds. The molecule has 0 N–H and O–H groups in total. The first-order valence-corrected chi connectivity index (χ1v) is 10.1. The Hall–Kier alpha value is -2.52. The first kappa shape index (κ1) is 23.1. The number of hydrogen-bond donors (Lipinski definition) is 0. The Kier molecular flexibility index (Phi) is 6.96. The van der Waals surface area contributed by atoms with E-state index in [4.69, 9.17) is 0 Å². The molecule has 1 aliphatic rings. The number of ether oxygens (including phenoxy) is 1. The number of anilines is 2. The molecule has 1 aromatic heterocycles. The smallest absolute Gasteiger partial charge is 0.423 e. The Morgan fingerprint density at radius 1 is 1.03 bits per heavy atom. The Morgan fingerprint density at radius 2 is 1.71 bits per heavy atom. The highest BCUT2D eigenvalue weighted by Gasteiger charge is 2.38. The molecule has 170 valence electrons. The van der Waals surface area contributed by atoms with E-state index in [1.54, 1.807) is 17.9 Å². The SMILES string of the molecule is CCN(c1ncc(C(F)(F)F)c(OCC(F)(F)F)n1)c1ccccc1C1CCCCC1. The molecule has 3 rings (SSSR count). The lowest BCUT2D eigenvalue weighted by molar-refractivity contribution is -0.159. The highest BCUT2D eigenvalue weighted by molar-refractivity contribution is 5.63. The van der Waals surface area contributed by atoms with Crippen LogP contribution in [0.5, 0.6) is 5.88 Å². The van der Waals surface area contributed by atoms with Gasteiger partial charge in [-0.15, -0.1) is 0 Å². The normalized spacial score (nSPS) is 15.7. The van der Waals surface area contributed by atoms with Crippen LogP contribution in [0.1, 0.15) is 56.1 Å². The summed E-state index contributed by atoms with van der Waals surface area (Å²) >= 11 is 0. The van der Waals surface area contributed by atoms with Gasteiger partial charge in [0.2, 0.25) is 11.8 Å². The van der Waals surface area contributed by atoms with Crippen LogP contribution in [-0.2, 0) is 6.18 Å². The van der Waals surface area contributed by atoms with Crippen LogP contribution in [0.2, 0.25) is 0 Å². The summed E-state index contributed by atoms with van der Waals surface area (Å²) < 4.78 is 81.9. The van der Waals surface area contributed by atoms with Crippen molar-refractivity contribution in [3.63, 3.8) is 0 Å². The predicted molar refractivity (Wildman–Crippen MR) is 104 cm³/mol. The van der Waals surface area contributed by atoms with E-state index in [1.807, 2.05) is 18.2 Å². The minimum atomic E-state index is -4.95. The summed E-state index contributed by atoms with van der Waals surface area (Å²) in [4.78, 5) is 9.17. The Balaban J connectivity index is 2.00. The molecule has 0 aliphatic heterocycles. The van der Waals surface area contributed by atoms with Crippen LogP contribution >= 0.6 is 0 Å². The second-order valence-corrected chi connectivity index (χ2v) is 7.43. The molecule has 1 aliphatic carbocycles. The molecular formula is C21H23F6N3O. The van der Waals surface area contributed by atoms with E-state index >= 15 is 0 Å². The second kappa shape index (κ2) is 9.32. The standard InChI is InChI=1S/C21H23F6N3O/c1-2-30(17-11-7-6-10-15(17)14-8-4-3-5-9-14)19-28-12-16(21(25,26)27)18(29-19)31-13-20(22,23)24/h6-7,10-12,14H,2-5,8-9,13H2,1H3. The van der Waals surface area contributed by atoms with Crippen LogP contribution in [0.15, 0.2) is 30.5 Å². The molecule has 10 heteroatoms. The first-order chi connectivity index (χ1) is 14.6. The van der Waals surface area contributed by atoms with Gasteiger partial charge in [-0.25, -0.2) is 4.98 Å². The molecule has 1 fully saturated rings. The van der Waals surface area contributed by atoms with E-state index < -0.39 is 30.4 Å². The van der Waals surface area contributed by atoms with Gasteiger partial charge >= 0.3 is 12.4 Å². The van der Waals surface area contributed by atoms with Crippen molar-refractivity contribution in [1.29, 1.82) is 0 Å². The number of para-hydroxylation sites is 1. The van der Waals surface area contributed by atoms with E-state index in [0.717, 1.165) is 43.4 Å². The van der Waals surface area contributed by atoms with Gasteiger partial charge in [0.1, 0.15) is 5.56 Å². The van der Waals surface area contributed by atoms with Crippen molar-refractivity contribution in [3.05, 3.63) is 41.6 Å².